The van der Waals surface area contributed by atoms with Crippen LogP contribution in [0.4, 0.5) is 0 Å². The first-order chi connectivity index (χ1) is 11.7. The molecule has 1 aliphatic rings. The molecule has 24 heavy (non-hydrogen) atoms. The SMILES string of the molecule is Cc1cc(CN2CCCCC2)cc(C)c1Oc1ccc(C#N)cn1. The number of pyridine rings is 1. The molecule has 124 valence electrons. The standard InChI is InChI=1S/C20H23N3O/c1-15-10-18(14-23-8-4-3-5-9-23)11-16(2)20(15)24-19-7-6-17(12-21)13-22-19/h6-7,10-11,13H,3-5,8-9,14H2,1-2H3. The van der Waals surface area contributed by atoms with Gasteiger partial charge in [-0.2, -0.15) is 5.26 Å². The lowest BCUT2D eigenvalue weighted by Crippen LogP contribution is -2.29. The number of nitriles is 1. The second kappa shape index (κ2) is 7.46. The number of likely N-dealkylation sites (tertiary alicyclic amines) is 1. The number of nitrogens with zero attached hydrogens (tertiary/aromatic N) is 3. The van der Waals surface area contributed by atoms with E-state index in [9.17, 15) is 0 Å². The maximum atomic E-state index is 8.84. The molecule has 3 rings (SSSR count). The van der Waals surface area contributed by atoms with Gasteiger partial charge in [0.15, 0.2) is 0 Å². The Bertz CT molecular complexity index is 717. The summed E-state index contributed by atoms with van der Waals surface area (Å²) in [6, 6.07) is 9.94. The molecule has 0 unspecified atom stereocenters. The Hall–Kier alpha value is -2.38. The first-order valence-electron chi connectivity index (χ1n) is 8.52. The minimum absolute atomic E-state index is 0.518. The van der Waals surface area contributed by atoms with Crippen molar-refractivity contribution >= 4 is 0 Å². The van der Waals surface area contributed by atoms with E-state index in [0.29, 0.717) is 11.4 Å². The van der Waals surface area contributed by atoms with Crippen LogP contribution in [0.1, 0.15) is 41.5 Å². The van der Waals surface area contributed by atoms with E-state index < -0.39 is 0 Å². The molecule has 0 saturated carbocycles. The molecule has 0 aliphatic carbocycles. The number of ether oxygens (including phenoxy) is 1. The Morgan fingerprint density at radius 3 is 2.42 bits per heavy atom. The third kappa shape index (κ3) is 3.93. The number of hydrogen-bond donors (Lipinski definition) is 0. The smallest absolute Gasteiger partial charge is 0.219 e. The van der Waals surface area contributed by atoms with Crippen LogP contribution in [-0.2, 0) is 6.54 Å². The van der Waals surface area contributed by atoms with Gasteiger partial charge in [0.2, 0.25) is 5.88 Å². The third-order valence-corrected chi connectivity index (χ3v) is 4.45. The van der Waals surface area contributed by atoms with Crippen molar-refractivity contribution in [2.75, 3.05) is 13.1 Å². The number of hydrogen-bond acceptors (Lipinski definition) is 4. The summed E-state index contributed by atoms with van der Waals surface area (Å²) in [4.78, 5) is 6.72. The van der Waals surface area contributed by atoms with Crippen LogP contribution in [0.25, 0.3) is 0 Å². The zero-order valence-electron chi connectivity index (χ0n) is 14.4. The minimum atomic E-state index is 0.518. The highest BCUT2D eigenvalue weighted by Crippen LogP contribution is 2.29. The average molecular weight is 321 g/mol. The second-order valence-corrected chi connectivity index (χ2v) is 6.49. The van der Waals surface area contributed by atoms with Gasteiger partial charge < -0.3 is 4.74 Å². The molecule has 0 bridgehead atoms. The fourth-order valence-electron chi connectivity index (χ4n) is 3.28. The highest BCUT2D eigenvalue weighted by molar-refractivity contribution is 5.45. The summed E-state index contributed by atoms with van der Waals surface area (Å²) in [5, 5.41) is 8.84. The summed E-state index contributed by atoms with van der Waals surface area (Å²) < 4.78 is 5.95. The van der Waals surface area contributed by atoms with Crippen LogP contribution in [-0.4, -0.2) is 23.0 Å². The molecular formula is C20H23N3O. The van der Waals surface area contributed by atoms with E-state index in [-0.39, 0.29) is 0 Å². The van der Waals surface area contributed by atoms with E-state index in [2.05, 4.69) is 41.9 Å². The second-order valence-electron chi connectivity index (χ2n) is 6.49. The normalized spacial score (nSPS) is 15.0. The van der Waals surface area contributed by atoms with E-state index in [1.165, 1.54) is 44.1 Å². The van der Waals surface area contributed by atoms with E-state index >= 15 is 0 Å². The Balaban J connectivity index is 1.75. The fraction of sp³-hybridized carbons (Fsp3) is 0.400. The van der Waals surface area contributed by atoms with Gasteiger partial charge in [0.05, 0.1) is 5.56 Å². The molecule has 0 radical (unpaired) electrons. The third-order valence-electron chi connectivity index (χ3n) is 4.45. The molecule has 0 N–H and O–H groups in total. The summed E-state index contributed by atoms with van der Waals surface area (Å²) in [6.07, 6.45) is 5.51. The van der Waals surface area contributed by atoms with E-state index in [1.807, 2.05) is 0 Å². The van der Waals surface area contributed by atoms with Crippen molar-refractivity contribution in [1.29, 1.82) is 5.26 Å². The van der Waals surface area contributed by atoms with Crippen molar-refractivity contribution in [3.8, 4) is 17.7 Å². The average Bonchev–Trinajstić information content (AvgIpc) is 2.59. The summed E-state index contributed by atoms with van der Waals surface area (Å²) in [5.41, 5.74) is 4.11. The van der Waals surface area contributed by atoms with Crippen molar-refractivity contribution in [3.05, 3.63) is 52.7 Å². The lowest BCUT2D eigenvalue weighted by Gasteiger charge is -2.27. The summed E-state index contributed by atoms with van der Waals surface area (Å²) in [5.74, 6) is 1.37. The molecule has 2 heterocycles. The Morgan fingerprint density at radius 1 is 1.12 bits per heavy atom. The fourth-order valence-corrected chi connectivity index (χ4v) is 3.28. The van der Waals surface area contributed by atoms with Gasteiger partial charge in [-0.3, -0.25) is 4.90 Å². The van der Waals surface area contributed by atoms with Crippen LogP contribution in [0.2, 0.25) is 0 Å². The maximum Gasteiger partial charge on any atom is 0.219 e. The van der Waals surface area contributed by atoms with Crippen LogP contribution in [0, 0.1) is 25.2 Å². The predicted octanol–water partition coefficient (Wildman–Crippen LogP) is 4.35. The van der Waals surface area contributed by atoms with Gasteiger partial charge >= 0.3 is 0 Å². The number of aryl methyl sites for hydroxylation is 2. The predicted molar refractivity (Wildman–Crippen MR) is 94.1 cm³/mol. The first kappa shape index (κ1) is 16.5. The molecule has 2 aromatic rings. The number of aromatic nitrogens is 1. The van der Waals surface area contributed by atoms with Crippen LogP contribution in [0.15, 0.2) is 30.5 Å². The number of piperidine rings is 1. The van der Waals surface area contributed by atoms with Crippen molar-refractivity contribution in [2.24, 2.45) is 0 Å². The zero-order valence-corrected chi connectivity index (χ0v) is 14.4. The van der Waals surface area contributed by atoms with Gasteiger partial charge in [0.25, 0.3) is 0 Å². The molecule has 0 atom stereocenters. The number of rotatable bonds is 4. The van der Waals surface area contributed by atoms with Gasteiger partial charge in [0, 0.05) is 18.8 Å². The summed E-state index contributed by atoms with van der Waals surface area (Å²) in [7, 11) is 0. The van der Waals surface area contributed by atoms with Gasteiger partial charge in [0.1, 0.15) is 11.8 Å². The quantitative estimate of drug-likeness (QED) is 0.840. The molecule has 1 saturated heterocycles. The molecule has 1 aromatic heterocycles. The summed E-state index contributed by atoms with van der Waals surface area (Å²) in [6.45, 7) is 7.56. The largest absolute Gasteiger partial charge is 0.438 e. The molecule has 1 aliphatic heterocycles. The van der Waals surface area contributed by atoms with Crippen LogP contribution < -0.4 is 4.74 Å². The highest BCUT2D eigenvalue weighted by atomic mass is 16.5. The topological polar surface area (TPSA) is 49.1 Å². The van der Waals surface area contributed by atoms with Crippen LogP contribution >= 0.6 is 0 Å². The van der Waals surface area contributed by atoms with Gasteiger partial charge in [-0.25, -0.2) is 4.98 Å². The van der Waals surface area contributed by atoms with Crippen molar-refractivity contribution < 1.29 is 4.74 Å². The Morgan fingerprint density at radius 2 is 1.83 bits per heavy atom. The first-order valence-corrected chi connectivity index (χ1v) is 8.52. The lowest BCUT2D eigenvalue weighted by atomic mass is 10.0. The molecule has 1 aromatic carbocycles. The minimum Gasteiger partial charge on any atom is -0.438 e. The van der Waals surface area contributed by atoms with E-state index in [0.717, 1.165) is 23.4 Å². The molecular weight excluding hydrogens is 298 g/mol. The lowest BCUT2D eigenvalue weighted by molar-refractivity contribution is 0.221. The van der Waals surface area contributed by atoms with Crippen molar-refractivity contribution in [3.63, 3.8) is 0 Å². The summed E-state index contributed by atoms with van der Waals surface area (Å²) >= 11 is 0. The molecule has 4 heteroatoms. The molecule has 0 spiro atoms. The van der Waals surface area contributed by atoms with Crippen molar-refractivity contribution in [2.45, 2.75) is 39.7 Å². The molecule has 1 fully saturated rings. The zero-order chi connectivity index (χ0) is 16.9. The van der Waals surface area contributed by atoms with E-state index in [4.69, 9.17) is 10.00 Å². The number of benzene rings is 1. The monoisotopic (exact) mass is 321 g/mol. The molecule has 0 amide bonds. The van der Waals surface area contributed by atoms with Crippen molar-refractivity contribution in [1.82, 2.24) is 9.88 Å². The van der Waals surface area contributed by atoms with Gasteiger partial charge in [-0.05, 0) is 62.5 Å². The highest BCUT2D eigenvalue weighted by Gasteiger charge is 2.13. The van der Waals surface area contributed by atoms with Crippen LogP contribution in [0.5, 0.6) is 11.6 Å². The Labute approximate surface area is 143 Å². The van der Waals surface area contributed by atoms with Gasteiger partial charge in [-0.15, -0.1) is 0 Å². The van der Waals surface area contributed by atoms with Gasteiger partial charge in [-0.1, -0.05) is 18.6 Å². The maximum absolute atomic E-state index is 8.84. The Kier molecular flexibility index (Phi) is 5.12. The van der Waals surface area contributed by atoms with Crippen LogP contribution in [0.3, 0.4) is 0 Å². The van der Waals surface area contributed by atoms with E-state index in [1.54, 1.807) is 12.1 Å². The molecule has 4 nitrogen and oxygen atoms in total.